The number of carbonyl (C=O) groups is 1. The van der Waals surface area contributed by atoms with E-state index < -0.39 is 9.84 Å². The molecule has 1 saturated heterocycles. The van der Waals surface area contributed by atoms with Crippen molar-refractivity contribution in [1.82, 2.24) is 4.98 Å². The van der Waals surface area contributed by atoms with E-state index in [1.165, 1.54) is 6.20 Å². The SMILES string of the molecule is Cc1ccc(Cl)cc1NC(=O)c1cc(NC2CCS(=O)(=O)C2)ccn1. The van der Waals surface area contributed by atoms with E-state index in [9.17, 15) is 13.2 Å². The summed E-state index contributed by atoms with van der Waals surface area (Å²) >= 11 is 5.96. The van der Waals surface area contributed by atoms with Gasteiger partial charge in [0.25, 0.3) is 5.91 Å². The Labute approximate surface area is 151 Å². The van der Waals surface area contributed by atoms with Crippen LogP contribution in [0.3, 0.4) is 0 Å². The first-order valence-electron chi connectivity index (χ1n) is 7.83. The normalized spacial score (nSPS) is 18.7. The Balaban J connectivity index is 1.72. The molecule has 132 valence electrons. The Bertz CT molecular complexity index is 915. The van der Waals surface area contributed by atoms with Gasteiger partial charge in [0.2, 0.25) is 0 Å². The largest absolute Gasteiger partial charge is 0.381 e. The highest BCUT2D eigenvalue weighted by Crippen LogP contribution is 2.22. The topological polar surface area (TPSA) is 88.2 Å². The second kappa shape index (κ2) is 7.01. The lowest BCUT2D eigenvalue weighted by Gasteiger charge is -2.13. The smallest absolute Gasteiger partial charge is 0.274 e. The van der Waals surface area contributed by atoms with Crippen molar-refractivity contribution in [2.24, 2.45) is 0 Å². The zero-order chi connectivity index (χ0) is 18.0. The molecular weight excluding hydrogens is 362 g/mol. The van der Waals surface area contributed by atoms with Crippen LogP contribution in [0.25, 0.3) is 0 Å². The van der Waals surface area contributed by atoms with Crippen molar-refractivity contribution in [2.75, 3.05) is 22.1 Å². The van der Waals surface area contributed by atoms with Crippen LogP contribution in [0.2, 0.25) is 5.02 Å². The minimum atomic E-state index is -2.96. The minimum Gasteiger partial charge on any atom is -0.381 e. The lowest BCUT2D eigenvalue weighted by Crippen LogP contribution is -2.21. The third kappa shape index (κ3) is 4.49. The van der Waals surface area contributed by atoms with Crippen molar-refractivity contribution in [3.63, 3.8) is 0 Å². The Kier molecular flexibility index (Phi) is 4.96. The molecular formula is C17H18ClN3O3S. The number of anilines is 2. The molecule has 1 aromatic heterocycles. The molecule has 1 atom stereocenters. The Morgan fingerprint density at radius 2 is 2.08 bits per heavy atom. The molecule has 0 radical (unpaired) electrons. The molecule has 2 heterocycles. The van der Waals surface area contributed by atoms with Crippen molar-refractivity contribution in [2.45, 2.75) is 19.4 Å². The fraction of sp³-hybridized carbons (Fsp3) is 0.294. The number of aromatic nitrogens is 1. The van der Waals surface area contributed by atoms with Crippen molar-refractivity contribution in [3.05, 3.63) is 52.8 Å². The Morgan fingerprint density at radius 3 is 2.80 bits per heavy atom. The first-order chi connectivity index (χ1) is 11.8. The summed E-state index contributed by atoms with van der Waals surface area (Å²) in [6.45, 7) is 1.87. The third-order valence-corrected chi connectivity index (χ3v) is 6.05. The molecule has 0 bridgehead atoms. The van der Waals surface area contributed by atoms with Crippen molar-refractivity contribution < 1.29 is 13.2 Å². The summed E-state index contributed by atoms with van der Waals surface area (Å²) in [5, 5.41) is 6.48. The lowest BCUT2D eigenvalue weighted by atomic mass is 10.2. The number of pyridine rings is 1. The molecule has 25 heavy (non-hydrogen) atoms. The van der Waals surface area contributed by atoms with E-state index in [0.717, 1.165) is 5.56 Å². The molecule has 1 aromatic carbocycles. The predicted octanol–water partition coefficient (Wildman–Crippen LogP) is 2.89. The summed E-state index contributed by atoms with van der Waals surface area (Å²) < 4.78 is 23.1. The molecule has 8 heteroatoms. The number of aryl methyl sites for hydroxylation is 1. The lowest BCUT2D eigenvalue weighted by molar-refractivity contribution is 0.102. The highest BCUT2D eigenvalue weighted by molar-refractivity contribution is 7.91. The van der Waals surface area contributed by atoms with E-state index in [2.05, 4.69) is 15.6 Å². The van der Waals surface area contributed by atoms with Crippen LogP contribution in [0, 0.1) is 6.92 Å². The molecule has 6 nitrogen and oxygen atoms in total. The van der Waals surface area contributed by atoms with E-state index in [0.29, 0.717) is 22.8 Å². The number of benzene rings is 1. The van der Waals surface area contributed by atoms with Gasteiger partial charge in [-0.15, -0.1) is 0 Å². The van der Waals surface area contributed by atoms with Gasteiger partial charge in [0.1, 0.15) is 5.69 Å². The van der Waals surface area contributed by atoms with Gasteiger partial charge in [0, 0.05) is 28.6 Å². The molecule has 3 rings (SSSR count). The first kappa shape index (κ1) is 17.7. The summed E-state index contributed by atoms with van der Waals surface area (Å²) in [6, 6.07) is 8.44. The van der Waals surface area contributed by atoms with E-state index >= 15 is 0 Å². The van der Waals surface area contributed by atoms with E-state index in [4.69, 9.17) is 11.6 Å². The number of hydrogen-bond acceptors (Lipinski definition) is 5. The number of hydrogen-bond donors (Lipinski definition) is 2. The highest BCUT2D eigenvalue weighted by atomic mass is 35.5. The number of nitrogens with zero attached hydrogens (tertiary/aromatic N) is 1. The van der Waals surface area contributed by atoms with Crippen LogP contribution in [0.1, 0.15) is 22.5 Å². The van der Waals surface area contributed by atoms with Crippen LogP contribution in [-0.4, -0.2) is 36.9 Å². The van der Waals surface area contributed by atoms with Crippen LogP contribution in [0.5, 0.6) is 0 Å². The third-order valence-electron chi connectivity index (χ3n) is 4.04. The summed E-state index contributed by atoms with van der Waals surface area (Å²) in [7, 11) is -2.96. The number of rotatable bonds is 4. The maximum absolute atomic E-state index is 12.4. The van der Waals surface area contributed by atoms with Crippen LogP contribution < -0.4 is 10.6 Å². The second-order valence-electron chi connectivity index (χ2n) is 6.09. The highest BCUT2D eigenvalue weighted by Gasteiger charge is 2.27. The molecule has 1 amide bonds. The quantitative estimate of drug-likeness (QED) is 0.852. The Morgan fingerprint density at radius 1 is 1.28 bits per heavy atom. The van der Waals surface area contributed by atoms with Gasteiger partial charge >= 0.3 is 0 Å². The minimum absolute atomic E-state index is 0.110. The summed E-state index contributed by atoms with van der Waals surface area (Å²) in [5.74, 6) is -0.0524. The predicted molar refractivity (Wildman–Crippen MR) is 99.1 cm³/mol. The van der Waals surface area contributed by atoms with Gasteiger partial charge in [-0.1, -0.05) is 17.7 Å². The molecule has 1 unspecified atom stereocenters. The Hall–Kier alpha value is -2.12. The van der Waals surface area contributed by atoms with Gasteiger partial charge < -0.3 is 10.6 Å². The fourth-order valence-electron chi connectivity index (χ4n) is 2.70. The van der Waals surface area contributed by atoms with Crippen LogP contribution >= 0.6 is 11.6 Å². The number of nitrogens with one attached hydrogen (secondary N) is 2. The maximum atomic E-state index is 12.4. The number of sulfone groups is 1. The molecule has 2 N–H and O–H groups in total. The van der Waals surface area contributed by atoms with Gasteiger partial charge in [-0.3, -0.25) is 9.78 Å². The summed E-state index contributed by atoms with van der Waals surface area (Å²) in [6.07, 6.45) is 2.08. The monoisotopic (exact) mass is 379 g/mol. The molecule has 1 aliphatic heterocycles. The van der Waals surface area contributed by atoms with Crippen molar-refractivity contribution >= 4 is 38.7 Å². The van der Waals surface area contributed by atoms with E-state index in [1.807, 2.05) is 13.0 Å². The fourth-order valence-corrected chi connectivity index (χ4v) is 4.55. The maximum Gasteiger partial charge on any atom is 0.274 e. The van der Waals surface area contributed by atoms with Gasteiger partial charge in [-0.25, -0.2) is 8.42 Å². The van der Waals surface area contributed by atoms with Crippen LogP contribution in [0.4, 0.5) is 11.4 Å². The zero-order valence-corrected chi connectivity index (χ0v) is 15.2. The van der Waals surface area contributed by atoms with Crippen molar-refractivity contribution in [3.8, 4) is 0 Å². The average Bonchev–Trinajstić information content (AvgIpc) is 2.90. The van der Waals surface area contributed by atoms with Crippen LogP contribution in [0.15, 0.2) is 36.5 Å². The second-order valence-corrected chi connectivity index (χ2v) is 8.75. The standard InChI is InChI=1S/C17H18ClN3O3S/c1-11-2-3-12(18)8-15(11)21-17(22)16-9-13(4-6-19-16)20-14-5-7-25(23,24)10-14/h2-4,6,8-9,14H,5,7,10H2,1H3,(H,19,20)(H,21,22). The molecule has 0 spiro atoms. The molecule has 1 fully saturated rings. The summed E-state index contributed by atoms with van der Waals surface area (Å²) in [4.78, 5) is 16.5. The average molecular weight is 380 g/mol. The van der Waals surface area contributed by atoms with Gasteiger partial charge in [0.15, 0.2) is 9.84 Å². The summed E-state index contributed by atoms with van der Waals surface area (Å²) in [5.41, 5.74) is 2.43. The number of carbonyl (C=O) groups excluding carboxylic acids is 1. The van der Waals surface area contributed by atoms with Gasteiger partial charge in [-0.05, 0) is 43.2 Å². The first-order valence-corrected chi connectivity index (χ1v) is 10.0. The van der Waals surface area contributed by atoms with Gasteiger partial charge in [-0.2, -0.15) is 0 Å². The zero-order valence-electron chi connectivity index (χ0n) is 13.6. The number of amides is 1. The molecule has 0 saturated carbocycles. The van der Waals surface area contributed by atoms with E-state index in [1.54, 1.807) is 24.3 Å². The molecule has 0 aliphatic carbocycles. The van der Waals surface area contributed by atoms with Crippen LogP contribution in [-0.2, 0) is 9.84 Å². The van der Waals surface area contributed by atoms with E-state index in [-0.39, 0.29) is 29.1 Å². The molecule has 1 aliphatic rings. The number of halogens is 1. The molecule has 2 aromatic rings. The van der Waals surface area contributed by atoms with Gasteiger partial charge in [0.05, 0.1) is 11.5 Å². The van der Waals surface area contributed by atoms with Crippen molar-refractivity contribution in [1.29, 1.82) is 0 Å².